The van der Waals surface area contributed by atoms with Gasteiger partial charge in [-0.15, -0.1) is 0 Å². The SMILES string of the molecule is Cc1ncc([Si](C)(C)C)n1C. The Hall–Kier alpha value is -0.573. The van der Waals surface area contributed by atoms with Gasteiger partial charge in [-0.05, 0) is 6.92 Å². The summed E-state index contributed by atoms with van der Waals surface area (Å²) in [5.74, 6) is 1.11. The van der Waals surface area contributed by atoms with Gasteiger partial charge < -0.3 is 4.57 Å². The smallest absolute Gasteiger partial charge is 0.105 e. The third-order valence-corrected chi connectivity index (χ3v) is 3.99. The Morgan fingerprint density at radius 3 is 2.09 bits per heavy atom. The molecule has 0 aliphatic rings. The lowest BCUT2D eigenvalue weighted by atomic mass is 10.7. The van der Waals surface area contributed by atoms with Gasteiger partial charge >= 0.3 is 0 Å². The lowest BCUT2D eigenvalue weighted by molar-refractivity contribution is 0.875. The molecule has 0 aromatic carbocycles. The second kappa shape index (κ2) is 2.48. The summed E-state index contributed by atoms with van der Waals surface area (Å²) in [6.45, 7) is 9.06. The molecule has 1 rings (SSSR count). The van der Waals surface area contributed by atoms with Gasteiger partial charge in [0.1, 0.15) is 13.9 Å². The highest BCUT2D eigenvalue weighted by Gasteiger charge is 2.20. The monoisotopic (exact) mass is 168 g/mol. The molecule has 1 aromatic rings. The first-order valence-corrected chi connectivity index (χ1v) is 7.41. The fourth-order valence-electron chi connectivity index (χ4n) is 1.20. The van der Waals surface area contributed by atoms with Crippen molar-refractivity contribution in [1.29, 1.82) is 0 Å². The summed E-state index contributed by atoms with van der Waals surface area (Å²) in [6.07, 6.45) is 2.02. The predicted octanol–water partition coefficient (Wildman–Crippen LogP) is 1.27. The molecule has 2 nitrogen and oxygen atoms in total. The van der Waals surface area contributed by atoms with Crippen molar-refractivity contribution in [3.05, 3.63) is 12.0 Å². The van der Waals surface area contributed by atoms with Gasteiger partial charge in [-0.2, -0.15) is 0 Å². The second-order valence-electron chi connectivity index (χ2n) is 4.00. The molecule has 1 aromatic heterocycles. The van der Waals surface area contributed by atoms with Crippen LogP contribution < -0.4 is 5.32 Å². The molecular formula is C8H16N2Si. The number of imidazole rings is 1. The molecule has 0 unspecified atom stereocenters. The third-order valence-electron chi connectivity index (χ3n) is 1.99. The fourth-order valence-corrected chi connectivity index (χ4v) is 2.82. The lowest BCUT2D eigenvalue weighted by Crippen LogP contribution is -2.42. The van der Waals surface area contributed by atoms with E-state index < -0.39 is 8.07 Å². The van der Waals surface area contributed by atoms with E-state index in [0.717, 1.165) is 5.82 Å². The summed E-state index contributed by atoms with van der Waals surface area (Å²) in [4.78, 5) is 4.28. The number of rotatable bonds is 1. The molecule has 0 N–H and O–H groups in total. The Balaban J connectivity index is 3.15. The minimum atomic E-state index is -1.16. The second-order valence-corrected chi connectivity index (χ2v) is 9.01. The van der Waals surface area contributed by atoms with Crippen LogP contribution in [0.3, 0.4) is 0 Å². The molecule has 0 saturated heterocycles. The van der Waals surface area contributed by atoms with Gasteiger partial charge in [0.05, 0.1) is 0 Å². The van der Waals surface area contributed by atoms with Crippen LogP contribution in [0.4, 0.5) is 0 Å². The summed E-state index contributed by atoms with van der Waals surface area (Å²) >= 11 is 0. The van der Waals surface area contributed by atoms with Crippen molar-refractivity contribution in [2.24, 2.45) is 7.05 Å². The van der Waals surface area contributed by atoms with E-state index in [1.807, 2.05) is 13.1 Å². The maximum absolute atomic E-state index is 4.28. The van der Waals surface area contributed by atoms with Crippen LogP contribution in [0.15, 0.2) is 6.20 Å². The zero-order valence-corrected chi connectivity index (χ0v) is 8.97. The number of aryl methyl sites for hydroxylation is 1. The molecule has 0 fully saturated rings. The molecule has 0 saturated carbocycles. The van der Waals surface area contributed by atoms with Gasteiger partial charge in [0.2, 0.25) is 0 Å². The van der Waals surface area contributed by atoms with Gasteiger partial charge in [-0.3, -0.25) is 0 Å². The summed E-state index contributed by atoms with van der Waals surface area (Å²) < 4.78 is 2.20. The molecule has 0 spiro atoms. The Morgan fingerprint density at radius 2 is 1.91 bits per heavy atom. The van der Waals surface area contributed by atoms with Crippen molar-refractivity contribution in [1.82, 2.24) is 9.55 Å². The van der Waals surface area contributed by atoms with Crippen LogP contribution in [0.2, 0.25) is 19.6 Å². The molecule has 0 aliphatic carbocycles. The van der Waals surface area contributed by atoms with Crippen molar-refractivity contribution in [2.45, 2.75) is 26.6 Å². The summed E-state index contributed by atoms with van der Waals surface area (Å²) in [5.41, 5.74) is 0. The molecule has 62 valence electrons. The number of hydrogen-bond acceptors (Lipinski definition) is 1. The van der Waals surface area contributed by atoms with E-state index in [1.165, 1.54) is 5.32 Å². The molecule has 11 heavy (non-hydrogen) atoms. The van der Waals surface area contributed by atoms with Crippen LogP contribution in [0.1, 0.15) is 5.82 Å². The molecule has 0 radical (unpaired) electrons. The minimum absolute atomic E-state index is 1.11. The maximum Gasteiger partial charge on any atom is 0.105 e. The molecule has 1 heterocycles. The fraction of sp³-hybridized carbons (Fsp3) is 0.625. The Morgan fingerprint density at radius 1 is 1.36 bits per heavy atom. The molecule has 0 amide bonds. The van der Waals surface area contributed by atoms with Crippen LogP contribution in [0.5, 0.6) is 0 Å². The quantitative estimate of drug-likeness (QED) is 0.578. The average Bonchev–Trinajstić information content (AvgIpc) is 2.11. The maximum atomic E-state index is 4.28. The van der Waals surface area contributed by atoms with E-state index in [4.69, 9.17) is 0 Å². The van der Waals surface area contributed by atoms with Crippen molar-refractivity contribution < 1.29 is 0 Å². The highest BCUT2D eigenvalue weighted by Crippen LogP contribution is 2.02. The van der Waals surface area contributed by atoms with Gasteiger partial charge in [0, 0.05) is 18.6 Å². The zero-order valence-electron chi connectivity index (χ0n) is 7.97. The van der Waals surface area contributed by atoms with Gasteiger partial charge in [0.15, 0.2) is 0 Å². The topological polar surface area (TPSA) is 17.8 Å². The van der Waals surface area contributed by atoms with Crippen LogP contribution in [0.25, 0.3) is 0 Å². The van der Waals surface area contributed by atoms with Crippen LogP contribution in [0, 0.1) is 6.92 Å². The first-order valence-electron chi connectivity index (χ1n) is 3.91. The van der Waals surface area contributed by atoms with Crippen LogP contribution >= 0.6 is 0 Å². The molecular weight excluding hydrogens is 152 g/mol. The van der Waals surface area contributed by atoms with Gasteiger partial charge in [-0.25, -0.2) is 4.98 Å². The number of aromatic nitrogens is 2. The van der Waals surface area contributed by atoms with E-state index in [-0.39, 0.29) is 0 Å². The predicted molar refractivity (Wildman–Crippen MR) is 50.9 cm³/mol. The third kappa shape index (κ3) is 1.53. The molecule has 3 heteroatoms. The lowest BCUT2D eigenvalue weighted by Gasteiger charge is -2.16. The number of nitrogens with zero attached hydrogens (tertiary/aromatic N) is 2. The Labute approximate surface area is 69.3 Å². The minimum Gasteiger partial charge on any atom is -0.339 e. The molecule has 0 atom stereocenters. The van der Waals surface area contributed by atoms with E-state index >= 15 is 0 Å². The van der Waals surface area contributed by atoms with Gasteiger partial charge in [-0.1, -0.05) is 19.6 Å². The molecule has 0 bridgehead atoms. The Bertz CT molecular complexity index is 258. The normalized spacial score (nSPS) is 12.1. The summed E-state index contributed by atoms with van der Waals surface area (Å²) in [6, 6.07) is 0. The zero-order chi connectivity index (χ0) is 8.65. The standard InChI is InChI=1S/C8H16N2Si/c1-7-9-6-8(10(7)2)11(3,4)5/h6H,1-5H3. The van der Waals surface area contributed by atoms with E-state index in [9.17, 15) is 0 Å². The van der Waals surface area contributed by atoms with Crippen molar-refractivity contribution in [3.8, 4) is 0 Å². The highest BCUT2D eigenvalue weighted by molar-refractivity contribution is 6.88. The van der Waals surface area contributed by atoms with Gasteiger partial charge in [0.25, 0.3) is 0 Å². The van der Waals surface area contributed by atoms with Crippen LogP contribution in [-0.2, 0) is 7.05 Å². The van der Waals surface area contributed by atoms with E-state index in [2.05, 4.69) is 36.2 Å². The largest absolute Gasteiger partial charge is 0.339 e. The molecule has 0 aliphatic heterocycles. The van der Waals surface area contributed by atoms with E-state index in [1.54, 1.807) is 0 Å². The first kappa shape index (κ1) is 8.52. The first-order chi connectivity index (χ1) is 4.93. The average molecular weight is 168 g/mol. The summed E-state index contributed by atoms with van der Waals surface area (Å²) in [7, 11) is 0.937. The van der Waals surface area contributed by atoms with Crippen molar-refractivity contribution >= 4 is 13.4 Å². The van der Waals surface area contributed by atoms with Crippen molar-refractivity contribution in [3.63, 3.8) is 0 Å². The Kier molecular flexibility index (Phi) is 1.92. The highest BCUT2D eigenvalue weighted by atomic mass is 28.3. The summed E-state index contributed by atoms with van der Waals surface area (Å²) in [5, 5.41) is 1.43. The van der Waals surface area contributed by atoms with Crippen LogP contribution in [-0.4, -0.2) is 17.6 Å². The van der Waals surface area contributed by atoms with Crippen molar-refractivity contribution in [2.75, 3.05) is 0 Å². The number of hydrogen-bond donors (Lipinski definition) is 0. The van der Waals surface area contributed by atoms with E-state index in [0.29, 0.717) is 0 Å².